The molecule has 0 saturated heterocycles. The van der Waals surface area contributed by atoms with Gasteiger partial charge in [0.1, 0.15) is 0 Å². The predicted molar refractivity (Wildman–Crippen MR) is 101 cm³/mol. The molecule has 0 N–H and O–H groups in total. The van der Waals surface area contributed by atoms with Crippen molar-refractivity contribution in [2.24, 2.45) is 0 Å². The zero-order chi connectivity index (χ0) is 19.1. The Morgan fingerprint density at radius 1 is 1.08 bits per heavy atom. The fourth-order valence-electron chi connectivity index (χ4n) is 2.89. The van der Waals surface area contributed by atoms with Crippen molar-refractivity contribution >= 4 is 9.84 Å². The molecule has 138 valence electrons. The lowest BCUT2D eigenvalue weighted by atomic mass is 10.1. The number of nitrogens with zero attached hydrogens (tertiary/aromatic N) is 4. The maximum Gasteiger partial charge on any atom is 0.232 e. The van der Waals surface area contributed by atoms with Crippen molar-refractivity contribution in [3.8, 4) is 5.69 Å². The van der Waals surface area contributed by atoms with Gasteiger partial charge in [0.05, 0.1) is 17.5 Å². The van der Waals surface area contributed by atoms with Gasteiger partial charge in [-0.2, -0.15) is 5.10 Å². The highest BCUT2D eigenvalue weighted by Gasteiger charge is 2.24. The van der Waals surface area contributed by atoms with Gasteiger partial charge in [0, 0.05) is 29.8 Å². The van der Waals surface area contributed by atoms with E-state index in [-0.39, 0.29) is 16.4 Å². The molecular formula is C19H24N4O2S. The van der Waals surface area contributed by atoms with Gasteiger partial charge >= 0.3 is 0 Å². The Kier molecular flexibility index (Phi) is 4.52. The average molecular weight is 372 g/mol. The second kappa shape index (κ2) is 6.39. The Morgan fingerprint density at radius 2 is 1.73 bits per heavy atom. The number of hydrogen-bond acceptors (Lipinski definition) is 4. The number of rotatable bonds is 4. The quantitative estimate of drug-likeness (QED) is 0.704. The average Bonchev–Trinajstić information content (AvgIpc) is 3.13. The summed E-state index contributed by atoms with van der Waals surface area (Å²) in [6.45, 7) is 10.0. The normalized spacial score (nSPS) is 12.5. The summed E-state index contributed by atoms with van der Waals surface area (Å²) >= 11 is 0. The van der Waals surface area contributed by atoms with E-state index in [9.17, 15) is 8.42 Å². The number of hydrogen-bond donors (Lipinski definition) is 0. The Hall–Kier alpha value is -2.41. The smallest absolute Gasteiger partial charge is 0.232 e. The fraction of sp³-hybridized carbons (Fsp3) is 0.368. The standard InChI is InChI=1S/C19H24N4O2S/c1-14-8-15(2)10-17(9-14)22-7-6-20-18(22)26(24,25)13-16-11-21-23(12-16)19(3,4)5/h6-12H,13H2,1-5H3. The molecule has 0 amide bonds. The monoisotopic (exact) mass is 372 g/mol. The van der Waals surface area contributed by atoms with Crippen molar-refractivity contribution in [2.45, 2.75) is 51.1 Å². The summed E-state index contributed by atoms with van der Waals surface area (Å²) < 4.78 is 29.3. The molecular weight excluding hydrogens is 348 g/mol. The first-order valence-electron chi connectivity index (χ1n) is 8.45. The summed E-state index contributed by atoms with van der Waals surface area (Å²) in [7, 11) is -3.61. The van der Waals surface area contributed by atoms with Crippen LogP contribution in [0.2, 0.25) is 0 Å². The summed E-state index contributed by atoms with van der Waals surface area (Å²) in [4.78, 5) is 4.12. The third kappa shape index (κ3) is 3.72. The van der Waals surface area contributed by atoms with E-state index in [1.807, 2.05) is 46.8 Å². The third-order valence-electron chi connectivity index (χ3n) is 4.05. The Bertz CT molecular complexity index is 1020. The van der Waals surface area contributed by atoms with E-state index in [1.54, 1.807) is 27.8 Å². The van der Waals surface area contributed by atoms with Crippen molar-refractivity contribution in [1.82, 2.24) is 19.3 Å². The lowest BCUT2D eigenvalue weighted by Crippen LogP contribution is -2.22. The molecule has 26 heavy (non-hydrogen) atoms. The number of imidazole rings is 1. The lowest BCUT2D eigenvalue weighted by Gasteiger charge is -2.18. The molecule has 0 fully saturated rings. The van der Waals surface area contributed by atoms with Gasteiger partial charge in [-0.05, 0) is 57.9 Å². The summed E-state index contributed by atoms with van der Waals surface area (Å²) in [5.41, 5.74) is 3.39. The lowest BCUT2D eigenvalue weighted by molar-refractivity contribution is 0.355. The molecule has 0 aliphatic heterocycles. The molecule has 3 aromatic rings. The highest BCUT2D eigenvalue weighted by atomic mass is 32.2. The van der Waals surface area contributed by atoms with Crippen LogP contribution >= 0.6 is 0 Å². The maximum atomic E-state index is 13.0. The molecule has 0 aliphatic rings. The first-order valence-corrected chi connectivity index (χ1v) is 10.1. The number of aryl methyl sites for hydroxylation is 2. The molecule has 0 bridgehead atoms. The molecule has 3 rings (SSSR count). The van der Waals surface area contributed by atoms with E-state index >= 15 is 0 Å². The van der Waals surface area contributed by atoms with E-state index in [0.29, 0.717) is 5.56 Å². The van der Waals surface area contributed by atoms with Crippen LogP contribution in [0.1, 0.15) is 37.5 Å². The molecule has 1 aromatic carbocycles. The van der Waals surface area contributed by atoms with Gasteiger partial charge in [0.25, 0.3) is 0 Å². The third-order valence-corrected chi connectivity index (χ3v) is 5.62. The van der Waals surface area contributed by atoms with Crippen molar-refractivity contribution in [1.29, 1.82) is 0 Å². The van der Waals surface area contributed by atoms with Gasteiger partial charge in [-0.25, -0.2) is 13.4 Å². The van der Waals surface area contributed by atoms with Gasteiger partial charge < -0.3 is 0 Å². The van der Waals surface area contributed by atoms with Crippen molar-refractivity contribution in [2.75, 3.05) is 0 Å². The SMILES string of the molecule is Cc1cc(C)cc(-n2ccnc2S(=O)(=O)Cc2cnn(C(C)(C)C)c2)c1. The van der Waals surface area contributed by atoms with Crippen LogP contribution in [0.4, 0.5) is 0 Å². The van der Waals surface area contributed by atoms with Crippen LogP contribution in [-0.4, -0.2) is 27.7 Å². The molecule has 0 atom stereocenters. The molecule has 0 radical (unpaired) electrons. The van der Waals surface area contributed by atoms with Gasteiger partial charge in [-0.3, -0.25) is 9.25 Å². The largest absolute Gasteiger partial charge is 0.291 e. The summed E-state index contributed by atoms with van der Waals surface area (Å²) in [6, 6.07) is 5.95. The van der Waals surface area contributed by atoms with Crippen molar-refractivity contribution in [3.05, 3.63) is 59.7 Å². The van der Waals surface area contributed by atoms with Gasteiger partial charge in [-0.1, -0.05) is 6.07 Å². The molecule has 6 nitrogen and oxygen atoms in total. The van der Waals surface area contributed by atoms with Gasteiger partial charge in [0.15, 0.2) is 0 Å². The van der Waals surface area contributed by atoms with E-state index in [1.165, 1.54) is 6.20 Å². The van der Waals surface area contributed by atoms with Crippen LogP contribution in [0.25, 0.3) is 5.69 Å². The molecule has 2 heterocycles. The number of sulfone groups is 1. The van der Waals surface area contributed by atoms with Crippen LogP contribution in [0, 0.1) is 13.8 Å². The topological polar surface area (TPSA) is 69.8 Å². The van der Waals surface area contributed by atoms with E-state index in [4.69, 9.17) is 0 Å². The van der Waals surface area contributed by atoms with E-state index in [0.717, 1.165) is 16.8 Å². The second-order valence-electron chi connectivity index (χ2n) is 7.65. The van der Waals surface area contributed by atoms with E-state index in [2.05, 4.69) is 16.1 Å². The second-order valence-corrected chi connectivity index (χ2v) is 9.53. The molecule has 0 unspecified atom stereocenters. The first-order chi connectivity index (χ1) is 12.1. The minimum Gasteiger partial charge on any atom is -0.291 e. The zero-order valence-electron chi connectivity index (χ0n) is 15.8. The molecule has 0 spiro atoms. The van der Waals surface area contributed by atoms with E-state index < -0.39 is 9.84 Å². The number of aromatic nitrogens is 4. The molecule has 2 aromatic heterocycles. The van der Waals surface area contributed by atoms with Gasteiger partial charge in [0.2, 0.25) is 15.0 Å². The minimum absolute atomic E-state index is 0.0472. The predicted octanol–water partition coefficient (Wildman–Crippen LogP) is 3.41. The summed E-state index contributed by atoms with van der Waals surface area (Å²) in [5.74, 6) is -0.134. The molecule has 0 aliphatic carbocycles. The van der Waals surface area contributed by atoms with Gasteiger partial charge in [-0.15, -0.1) is 0 Å². The van der Waals surface area contributed by atoms with Crippen LogP contribution in [-0.2, 0) is 21.1 Å². The van der Waals surface area contributed by atoms with Crippen molar-refractivity contribution < 1.29 is 8.42 Å². The number of benzene rings is 1. The Morgan fingerprint density at radius 3 is 2.31 bits per heavy atom. The van der Waals surface area contributed by atoms with Crippen molar-refractivity contribution in [3.63, 3.8) is 0 Å². The highest BCUT2D eigenvalue weighted by molar-refractivity contribution is 7.90. The minimum atomic E-state index is -3.61. The Labute approximate surface area is 154 Å². The van der Waals surface area contributed by atoms with Crippen LogP contribution in [0.15, 0.2) is 48.1 Å². The van der Waals surface area contributed by atoms with Crippen LogP contribution in [0.5, 0.6) is 0 Å². The molecule has 0 saturated carbocycles. The first kappa shape index (κ1) is 18.4. The highest BCUT2D eigenvalue weighted by Crippen LogP contribution is 2.22. The summed E-state index contributed by atoms with van der Waals surface area (Å²) in [6.07, 6.45) is 6.58. The molecule has 7 heteroatoms. The summed E-state index contributed by atoms with van der Waals surface area (Å²) in [5, 5.41) is 4.33. The van der Waals surface area contributed by atoms with Crippen LogP contribution in [0.3, 0.4) is 0 Å². The van der Waals surface area contributed by atoms with Crippen LogP contribution < -0.4 is 0 Å². The fourth-order valence-corrected chi connectivity index (χ4v) is 4.30. The maximum absolute atomic E-state index is 13.0. The zero-order valence-corrected chi connectivity index (χ0v) is 16.6. The Balaban J connectivity index is 1.96.